The van der Waals surface area contributed by atoms with Gasteiger partial charge in [-0.2, -0.15) is 0 Å². The van der Waals surface area contributed by atoms with Crippen molar-refractivity contribution in [1.29, 1.82) is 0 Å². The van der Waals surface area contributed by atoms with E-state index in [0.717, 1.165) is 0 Å². The van der Waals surface area contributed by atoms with Crippen molar-refractivity contribution in [2.45, 2.75) is 6.42 Å². The molecule has 1 aromatic heterocycles. The Morgan fingerprint density at radius 1 is 1.24 bits per heavy atom. The number of rotatable bonds is 2. The number of nitrogens with one attached hydrogen (secondary N) is 1. The largest absolute Gasteiger partial charge is 0.330 e. The Hall–Kier alpha value is -2.73. The molecule has 0 unspecified atom stereocenters. The van der Waals surface area contributed by atoms with Crippen molar-refractivity contribution in [2.24, 2.45) is 5.73 Å². The molecule has 0 fully saturated rings. The minimum absolute atomic E-state index is 0.179. The SMILES string of the molecule is NCCC(=O)N1c2ccccc2C(=O)Nc2cccnc21. The molecule has 0 saturated carbocycles. The summed E-state index contributed by atoms with van der Waals surface area (Å²) in [6.45, 7) is 0.237. The maximum absolute atomic E-state index is 12.4. The first-order valence-corrected chi connectivity index (χ1v) is 6.61. The van der Waals surface area contributed by atoms with Crippen LogP contribution in [0.1, 0.15) is 16.8 Å². The van der Waals surface area contributed by atoms with Crippen molar-refractivity contribution in [2.75, 3.05) is 16.8 Å². The zero-order valence-corrected chi connectivity index (χ0v) is 11.2. The molecule has 0 bridgehead atoms. The molecule has 2 heterocycles. The highest BCUT2D eigenvalue weighted by atomic mass is 16.2. The van der Waals surface area contributed by atoms with Crippen LogP contribution >= 0.6 is 0 Å². The van der Waals surface area contributed by atoms with Crippen LogP contribution in [0, 0.1) is 0 Å². The predicted molar refractivity (Wildman–Crippen MR) is 79.4 cm³/mol. The van der Waals surface area contributed by atoms with Crippen molar-refractivity contribution in [1.82, 2.24) is 4.98 Å². The monoisotopic (exact) mass is 282 g/mol. The number of benzene rings is 1. The summed E-state index contributed by atoms with van der Waals surface area (Å²) in [4.78, 5) is 30.4. The zero-order valence-electron chi connectivity index (χ0n) is 11.2. The number of para-hydroxylation sites is 1. The Balaban J connectivity index is 2.23. The van der Waals surface area contributed by atoms with Gasteiger partial charge in [0.1, 0.15) is 0 Å². The first kappa shape index (κ1) is 13.3. The minimum atomic E-state index is -0.261. The van der Waals surface area contributed by atoms with Crippen molar-refractivity contribution >= 4 is 29.0 Å². The number of nitrogens with zero attached hydrogens (tertiary/aromatic N) is 2. The number of carbonyl (C=O) groups is 2. The van der Waals surface area contributed by atoms with Gasteiger partial charge in [-0.05, 0) is 24.3 Å². The third-order valence-electron chi connectivity index (χ3n) is 3.24. The van der Waals surface area contributed by atoms with Gasteiger partial charge in [0, 0.05) is 19.2 Å². The molecule has 2 aromatic rings. The van der Waals surface area contributed by atoms with Crippen molar-refractivity contribution in [3.63, 3.8) is 0 Å². The zero-order chi connectivity index (χ0) is 14.8. The fraction of sp³-hybridized carbons (Fsp3) is 0.133. The second kappa shape index (κ2) is 5.34. The summed E-state index contributed by atoms with van der Waals surface area (Å²) in [6.07, 6.45) is 1.76. The van der Waals surface area contributed by atoms with Gasteiger partial charge in [-0.15, -0.1) is 0 Å². The summed E-state index contributed by atoms with van der Waals surface area (Å²) < 4.78 is 0. The normalized spacial score (nSPS) is 13.0. The quantitative estimate of drug-likeness (QED) is 0.876. The Morgan fingerprint density at radius 3 is 2.86 bits per heavy atom. The van der Waals surface area contributed by atoms with Crippen LogP contribution in [0.3, 0.4) is 0 Å². The van der Waals surface area contributed by atoms with Crippen LogP contribution in [0.5, 0.6) is 0 Å². The van der Waals surface area contributed by atoms with Crippen LogP contribution in [0.4, 0.5) is 17.2 Å². The van der Waals surface area contributed by atoms with E-state index in [0.29, 0.717) is 22.8 Å². The number of aromatic nitrogens is 1. The number of carbonyl (C=O) groups excluding carboxylic acids is 2. The number of hydrogen-bond donors (Lipinski definition) is 2. The van der Waals surface area contributed by atoms with Gasteiger partial charge >= 0.3 is 0 Å². The van der Waals surface area contributed by atoms with Gasteiger partial charge in [-0.1, -0.05) is 12.1 Å². The summed E-state index contributed by atoms with van der Waals surface area (Å²) in [5, 5.41) is 2.78. The fourth-order valence-corrected chi connectivity index (χ4v) is 2.32. The summed E-state index contributed by atoms with van der Waals surface area (Å²) >= 11 is 0. The lowest BCUT2D eigenvalue weighted by atomic mass is 10.1. The average Bonchev–Trinajstić information content (AvgIpc) is 2.62. The lowest BCUT2D eigenvalue weighted by molar-refractivity contribution is -0.117. The van der Waals surface area contributed by atoms with Gasteiger partial charge in [-0.3, -0.25) is 14.5 Å². The van der Waals surface area contributed by atoms with Gasteiger partial charge in [-0.25, -0.2) is 4.98 Å². The summed E-state index contributed by atoms with van der Waals surface area (Å²) in [5.41, 5.74) is 6.95. The second-order valence-electron chi connectivity index (χ2n) is 4.61. The van der Waals surface area contributed by atoms with Gasteiger partial charge in [0.05, 0.1) is 16.9 Å². The summed E-state index contributed by atoms with van der Waals surface area (Å²) in [7, 11) is 0. The molecule has 3 N–H and O–H groups in total. The van der Waals surface area contributed by atoms with E-state index in [4.69, 9.17) is 5.73 Å². The first-order chi connectivity index (χ1) is 10.2. The van der Waals surface area contributed by atoms with E-state index in [1.54, 1.807) is 42.6 Å². The molecule has 0 spiro atoms. The van der Waals surface area contributed by atoms with Crippen molar-refractivity contribution in [3.05, 3.63) is 48.2 Å². The van der Waals surface area contributed by atoms with Crippen LogP contribution < -0.4 is 16.0 Å². The third-order valence-corrected chi connectivity index (χ3v) is 3.24. The maximum Gasteiger partial charge on any atom is 0.257 e. The number of hydrogen-bond acceptors (Lipinski definition) is 4. The average molecular weight is 282 g/mol. The Kier molecular flexibility index (Phi) is 3.37. The van der Waals surface area contributed by atoms with Gasteiger partial charge in [0.15, 0.2) is 5.82 Å². The maximum atomic E-state index is 12.4. The molecule has 106 valence electrons. The highest BCUT2D eigenvalue weighted by Gasteiger charge is 2.29. The fourth-order valence-electron chi connectivity index (χ4n) is 2.32. The molecule has 6 nitrogen and oxygen atoms in total. The van der Waals surface area contributed by atoms with E-state index in [1.165, 1.54) is 4.90 Å². The van der Waals surface area contributed by atoms with Crippen molar-refractivity contribution < 1.29 is 9.59 Å². The van der Waals surface area contributed by atoms with Crippen LogP contribution in [-0.4, -0.2) is 23.3 Å². The van der Waals surface area contributed by atoms with Crippen LogP contribution in [0.15, 0.2) is 42.6 Å². The topological polar surface area (TPSA) is 88.3 Å². The Bertz CT molecular complexity index is 714. The summed E-state index contributed by atoms with van der Waals surface area (Å²) in [6, 6.07) is 10.4. The summed E-state index contributed by atoms with van der Waals surface area (Å²) in [5.74, 6) is -0.0430. The van der Waals surface area contributed by atoms with E-state index in [1.807, 2.05) is 0 Å². The van der Waals surface area contributed by atoms with Gasteiger partial charge in [0.2, 0.25) is 5.91 Å². The molecular weight excluding hydrogens is 268 g/mol. The second-order valence-corrected chi connectivity index (χ2v) is 4.61. The smallest absolute Gasteiger partial charge is 0.257 e. The Labute approximate surface area is 121 Å². The standard InChI is InChI=1S/C15H14N4O2/c16-8-7-13(20)19-12-6-2-1-4-10(12)15(21)18-11-5-3-9-17-14(11)19/h1-6,9H,7-8,16H2,(H,18,21). The highest BCUT2D eigenvalue weighted by Crippen LogP contribution is 2.36. The number of fused-ring (bicyclic) bond motifs is 2. The molecule has 0 atom stereocenters. The number of nitrogens with two attached hydrogens (primary N) is 1. The predicted octanol–water partition coefficient (Wildman–Crippen LogP) is 1.66. The van der Waals surface area contributed by atoms with E-state index in [-0.39, 0.29) is 24.8 Å². The lowest BCUT2D eigenvalue weighted by Crippen LogP contribution is -2.29. The van der Waals surface area contributed by atoms with Gasteiger partial charge in [0.25, 0.3) is 5.91 Å². The molecule has 6 heteroatoms. The molecule has 1 aliphatic rings. The van der Waals surface area contributed by atoms with E-state index in [2.05, 4.69) is 10.3 Å². The minimum Gasteiger partial charge on any atom is -0.330 e. The van der Waals surface area contributed by atoms with Crippen LogP contribution in [0.2, 0.25) is 0 Å². The van der Waals surface area contributed by atoms with Gasteiger partial charge < -0.3 is 11.1 Å². The number of pyridine rings is 1. The van der Waals surface area contributed by atoms with E-state index < -0.39 is 0 Å². The van der Waals surface area contributed by atoms with Crippen LogP contribution in [0.25, 0.3) is 0 Å². The first-order valence-electron chi connectivity index (χ1n) is 6.61. The molecule has 21 heavy (non-hydrogen) atoms. The van der Waals surface area contributed by atoms with Crippen LogP contribution in [-0.2, 0) is 4.79 Å². The third kappa shape index (κ3) is 2.25. The molecule has 3 rings (SSSR count). The van der Waals surface area contributed by atoms with Crippen molar-refractivity contribution in [3.8, 4) is 0 Å². The Morgan fingerprint density at radius 2 is 2.05 bits per heavy atom. The molecule has 0 saturated heterocycles. The van der Waals surface area contributed by atoms with E-state index >= 15 is 0 Å². The molecule has 1 aliphatic heterocycles. The lowest BCUT2D eigenvalue weighted by Gasteiger charge is -2.22. The molecular formula is C15H14N4O2. The molecule has 0 aliphatic carbocycles. The van der Waals surface area contributed by atoms with E-state index in [9.17, 15) is 9.59 Å². The molecule has 0 radical (unpaired) electrons. The number of amides is 2. The highest BCUT2D eigenvalue weighted by molar-refractivity contribution is 6.17. The molecule has 1 aromatic carbocycles. The number of anilines is 3. The molecule has 2 amide bonds.